The van der Waals surface area contributed by atoms with E-state index < -0.39 is 12.0 Å². The molecule has 1 heterocycles. The Balaban J connectivity index is -0.000000520. The van der Waals surface area contributed by atoms with Crippen molar-refractivity contribution >= 4 is 66.3 Å². The number of likely N-dealkylation sites (N-methyl/N-ethyl adjacent to an activating group) is 2. The molecule has 24 nitrogen and oxygen atoms in total. The Morgan fingerprint density at radius 1 is 0.695 bits per heavy atom. The summed E-state index contributed by atoms with van der Waals surface area (Å²) in [7, 11) is 9.23. The van der Waals surface area contributed by atoms with E-state index in [1.807, 2.05) is 30.9 Å². The van der Waals surface area contributed by atoms with E-state index in [0.717, 1.165) is 37.3 Å². The van der Waals surface area contributed by atoms with Crippen molar-refractivity contribution in [2.45, 2.75) is 171 Å². The molecule has 2 rings (SSSR count). The van der Waals surface area contributed by atoms with Crippen LogP contribution < -0.4 is 48.3 Å². The number of carbonyl (C=O) groups excluding carboxylic acids is 10. The van der Waals surface area contributed by atoms with E-state index in [4.69, 9.17) is 15.2 Å². The summed E-state index contributed by atoms with van der Waals surface area (Å²) in [6.07, 6.45) is 6.21. The van der Waals surface area contributed by atoms with Crippen LogP contribution in [0.25, 0.3) is 0 Å². The number of hydrogen-bond acceptors (Lipinski definition) is 14. The van der Waals surface area contributed by atoms with Gasteiger partial charge in [-0.05, 0) is 82.7 Å². The Hall–Kier alpha value is -6.24. The fourth-order valence-electron chi connectivity index (χ4n) is 7.91. The highest BCUT2D eigenvalue weighted by Gasteiger charge is 2.40. The molecule has 0 spiro atoms. The van der Waals surface area contributed by atoms with Gasteiger partial charge in [0.25, 0.3) is 0 Å². The van der Waals surface area contributed by atoms with Crippen LogP contribution in [0.1, 0.15) is 134 Å². The summed E-state index contributed by atoms with van der Waals surface area (Å²) in [5.41, 5.74) is 7.10. The predicted octanol–water partition coefficient (Wildman–Crippen LogP) is 2.58. The van der Waals surface area contributed by atoms with Crippen LogP contribution >= 0.6 is 0 Å². The topological polar surface area (TPSA) is 321 Å². The highest BCUT2D eigenvalue weighted by molar-refractivity contribution is 5.95. The largest absolute Gasteiger partial charge is 0.379 e. The third kappa shape index (κ3) is 38.5. The Morgan fingerprint density at radius 3 is 1.63 bits per heavy atom. The number of nitrogens with one attached hydrogen (secondary N) is 8. The van der Waals surface area contributed by atoms with Gasteiger partial charge in [0.05, 0.1) is 63.4 Å². The number of nitrogens with zero attached hydrogens (tertiary/aromatic N) is 3. The van der Waals surface area contributed by atoms with E-state index in [0.29, 0.717) is 62.8 Å². The molecule has 1 aliphatic rings. The van der Waals surface area contributed by atoms with E-state index in [2.05, 4.69) is 124 Å². The fourth-order valence-corrected chi connectivity index (χ4v) is 7.91. The van der Waals surface area contributed by atoms with Gasteiger partial charge in [0.1, 0.15) is 0 Å². The summed E-state index contributed by atoms with van der Waals surface area (Å²) in [4.78, 5) is 118. The Kier molecular flexibility index (Phi) is 51.8. The van der Waals surface area contributed by atoms with Crippen LogP contribution in [-0.2, 0) is 63.8 Å². The SMILES string of the molecule is CC.CC(C)C(C)N(C)C.CCC.CCC(C)C(C(CC(=O)N1CCCC1C(OC)C(C)C)OC)N(C)C(=O)CNC=O.CCNC(=O)CNC(=O)CNC(=O)CC.NC[C@H](Cc1ccc(NC(=O)CNC(=O)CNC=O)cc1)NC=O. The lowest BCUT2D eigenvalue weighted by molar-refractivity contribution is -0.144. The van der Waals surface area contributed by atoms with E-state index in [1.165, 1.54) is 6.42 Å². The van der Waals surface area contributed by atoms with E-state index in [-0.39, 0.29) is 105 Å². The quantitative estimate of drug-likeness (QED) is 0.0469. The Bertz CT molecular complexity index is 1900. The van der Waals surface area contributed by atoms with Gasteiger partial charge in [0.15, 0.2) is 0 Å². The van der Waals surface area contributed by atoms with Gasteiger partial charge >= 0.3 is 0 Å². The Morgan fingerprint density at radius 2 is 1.21 bits per heavy atom. The average molecular weight is 1170 g/mol. The molecule has 24 heteroatoms. The molecular weight excluding hydrogens is 1060 g/mol. The number of ether oxygens (including phenoxy) is 2. The van der Waals surface area contributed by atoms with Gasteiger partial charge in [-0.15, -0.1) is 0 Å². The molecular formula is C58H110N12O12. The molecule has 474 valence electrons. The number of likely N-dealkylation sites (tertiary alicyclic amines) is 1. The second kappa shape index (κ2) is 51.6. The third-order valence-corrected chi connectivity index (χ3v) is 12.9. The van der Waals surface area contributed by atoms with Gasteiger partial charge in [-0.1, -0.05) is 101 Å². The van der Waals surface area contributed by atoms with Crippen LogP contribution in [0.5, 0.6) is 0 Å². The number of carbonyl (C=O) groups is 10. The molecule has 0 aromatic heterocycles. The lowest BCUT2D eigenvalue weighted by Crippen LogP contribution is -2.53. The maximum absolute atomic E-state index is 13.3. The molecule has 1 fully saturated rings. The number of benzene rings is 1. The molecule has 1 aliphatic heterocycles. The smallest absolute Gasteiger partial charge is 0.243 e. The zero-order valence-corrected chi connectivity index (χ0v) is 53.2. The first-order valence-electron chi connectivity index (χ1n) is 28.8. The summed E-state index contributed by atoms with van der Waals surface area (Å²) in [6.45, 7) is 27.8. The number of nitrogens with two attached hydrogens (primary N) is 1. The summed E-state index contributed by atoms with van der Waals surface area (Å²) >= 11 is 0. The van der Waals surface area contributed by atoms with Crippen molar-refractivity contribution in [3.8, 4) is 0 Å². The molecule has 6 unspecified atom stereocenters. The lowest BCUT2D eigenvalue weighted by Gasteiger charge is -2.39. The van der Waals surface area contributed by atoms with Crippen molar-refractivity contribution in [3.63, 3.8) is 0 Å². The number of hydrogen-bond donors (Lipinski definition) is 9. The van der Waals surface area contributed by atoms with E-state index >= 15 is 0 Å². The van der Waals surface area contributed by atoms with Crippen LogP contribution in [0.3, 0.4) is 0 Å². The first kappa shape index (κ1) is 82.2. The number of amides is 10. The minimum Gasteiger partial charge on any atom is -0.379 e. The second-order valence-corrected chi connectivity index (χ2v) is 20.1. The third-order valence-electron chi connectivity index (χ3n) is 12.9. The van der Waals surface area contributed by atoms with Crippen LogP contribution in [0.4, 0.5) is 5.69 Å². The maximum atomic E-state index is 13.3. The second-order valence-electron chi connectivity index (χ2n) is 20.1. The normalized spacial score (nSPS) is 14.2. The first-order valence-corrected chi connectivity index (χ1v) is 28.8. The molecule has 0 bridgehead atoms. The molecule has 82 heavy (non-hydrogen) atoms. The van der Waals surface area contributed by atoms with Crippen LogP contribution in [0, 0.1) is 17.8 Å². The molecule has 1 saturated heterocycles. The number of methoxy groups -OCH3 is 2. The van der Waals surface area contributed by atoms with E-state index in [9.17, 15) is 47.9 Å². The van der Waals surface area contributed by atoms with Crippen molar-refractivity contribution < 1.29 is 57.4 Å². The molecule has 0 aliphatic carbocycles. The average Bonchev–Trinajstić information content (AvgIpc) is 4.11. The van der Waals surface area contributed by atoms with Crippen molar-refractivity contribution in [1.29, 1.82) is 0 Å². The molecule has 10 N–H and O–H groups in total. The monoisotopic (exact) mass is 1170 g/mol. The zero-order chi connectivity index (χ0) is 63.8. The van der Waals surface area contributed by atoms with Gasteiger partial charge in [0, 0.05) is 65.1 Å². The van der Waals surface area contributed by atoms with Gasteiger partial charge in [-0.25, -0.2) is 0 Å². The number of anilines is 1. The van der Waals surface area contributed by atoms with Crippen LogP contribution in [0.2, 0.25) is 0 Å². The lowest BCUT2D eigenvalue weighted by atomic mass is 9.90. The summed E-state index contributed by atoms with van der Waals surface area (Å²) in [5, 5.41) is 19.6. The Labute approximate surface area is 491 Å². The van der Waals surface area contributed by atoms with Crippen molar-refractivity contribution in [1.82, 2.24) is 51.9 Å². The van der Waals surface area contributed by atoms with Crippen molar-refractivity contribution in [3.05, 3.63) is 29.8 Å². The summed E-state index contributed by atoms with van der Waals surface area (Å²) in [6, 6.07) is 7.43. The van der Waals surface area contributed by atoms with Crippen molar-refractivity contribution in [2.24, 2.45) is 23.5 Å². The van der Waals surface area contributed by atoms with Gasteiger partial charge in [-0.2, -0.15) is 0 Å². The highest BCUT2D eigenvalue weighted by atomic mass is 16.5. The zero-order valence-electron chi connectivity index (χ0n) is 53.2. The van der Waals surface area contributed by atoms with Crippen LogP contribution in [0.15, 0.2) is 24.3 Å². The van der Waals surface area contributed by atoms with Gasteiger partial charge < -0.3 is 72.4 Å². The molecule has 1 aromatic rings. The highest BCUT2D eigenvalue weighted by Crippen LogP contribution is 2.29. The van der Waals surface area contributed by atoms with Crippen molar-refractivity contribution in [2.75, 3.05) is 93.0 Å². The standard InChI is InChI=1S/C22H41N3O5.C15H21N5O4.C9H17N3O3.C7H17N.C3H8.C2H6/c1-8-16(4)21(24(5)20(28)13-23-14-26)18(29-6)12-19(27)25-11-9-10-17(25)22(30-7)15(2)3;16-6-13(19-10-22)5-11-1-3-12(4-2-11)20-15(24)8-18-14(23)7-17-9-21;1-3-7(13)11-6-9(15)12-5-8(14)10-4-2;1-6(2)7(3)8(4)5;1-3-2;1-2/h14-18,21-22H,8-13H2,1-7H3,(H,23,26);1-4,9-10,13H,5-8,16H2,(H,17,21)(H,18,23)(H,19,22)(H,20,24);3-6H2,1-2H3,(H,10,14)(H,11,13)(H,12,15);6-7H,1-5H3;3H2,1-2H3;1-2H3/t;13-;;;;/m.0..../s1. The van der Waals surface area contributed by atoms with Crippen LogP contribution in [-0.4, -0.2) is 199 Å². The minimum atomic E-state index is -0.455. The fraction of sp³-hybridized carbons (Fsp3) is 0.724. The summed E-state index contributed by atoms with van der Waals surface area (Å²) < 4.78 is 11.5. The molecule has 7 atom stereocenters. The van der Waals surface area contributed by atoms with Gasteiger partial charge in [-0.3, -0.25) is 47.9 Å². The van der Waals surface area contributed by atoms with E-state index in [1.54, 1.807) is 52.1 Å². The molecule has 1 aromatic carbocycles. The maximum Gasteiger partial charge on any atom is 0.243 e. The number of rotatable bonds is 32. The molecule has 10 amide bonds. The minimum absolute atomic E-state index is 0.00137. The predicted molar refractivity (Wildman–Crippen MR) is 324 cm³/mol. The van der Waals surface area contributed by atoms with Gasteiger partial charge in [0.2, 0.25) is 60.6 Å². The summed E-state index contributed by atoms with van der Waals surface area (Å²) in [5.74, 6) is -0.609. The molecule has 0 radical (unpaired) electrons. The first-order chi connectivity index (χ1) is 38.9. The molecule has 0 saturated carbocycles.